The molecule has 0 fully saturated rings. The highest BCUT2D eigenvalue weighted by atomic mass is 32.1. The minimum Gasteiger partial charge on any atom is -0.497 e. The van der Waals surface area contributed by atoms with E-state index in [9.17, 15) is 4.79 Å². The molecule has 4 aromatic rings. The molecule has 0 atom stereocenters. The van der Waals surface area contributed by atoms with E-state index in [0.717, 1.165) is 43.3 Å². The summed E-state index contributed by atoms with van der Waals surface area (Å²) in [6, 6.07) is 20.1. The van der Waals surface area contributed by atoms with Crippen LogP contribution in [-0.2, 0) is 9.53 Å². The highest BCUT2D eigenvalue weighted by molar-refractivity contribution is 7.22. The molecule has 35 heavy (non-hydrogen) atoms. The molecule has 0 unspecified atom stereocenters. The van der Waals surface area contributed by atoms with Crippen molar-refractivity contribution >= 4 is 33.5 Å². The Balaban J connectivity index is 1.67. The van der Waals surface area contributed by atoms with Gasteiger partial charge in [-0.05, 0) is 93.3 Å². The summed E-state index contributed by atoms with van der Waals surface area (Å²) in [5.74, 6) is 2.01. The lowest BCUT2D eigenvalue weighted by atomic mass is 10.0. The molecule has 0 N–H and O–H groups in total. The van der Waals surface area contributed by atoms with Crippen LogP contribution in [0.5, 0.6) is 17.2 Å². The molecule has 1 aromatic heterocycles. The molecule has 3 aromatic carbocycles. The van der Waals surface area contributed by atoms with E-state index in [0.29, 0.717) is 0 Å². The fourth-order valence-corrected chi connectivity index (χ4v) is 4.96. The Morgan fingerprint density at radius 1 is 0.943 bits per heavy atom. The van der Waals surface area contributed by atoms with Crippen LogP contribution in [0.15, 0.2) is 66.7 Å². The van der Waals surface area contributed by atoms with Crippen LogP contribution >= 0.6 is 11.3 Å². The molecular formula is C30H30O4S. The zero-order valence-electron chi connectivity index (χ0n) is 21.0. The van der Waals surface area contributed by atoms with Gasteiger partial charge in [0.15, 0.2) is 5.75 Å². The number of fused-ring (bicyclic) bond motifs is 1. The van der Waals surface area contributed by atoms with Crippen LogP contribution in [0.3, 0.4) is 0 Å². The summed E-state index contributed by atoms with van der Waals surface area (Å²) in [5, 5.41) is 1.04. The lowest BCUT2D eigenvalue weighted by molar-refractivity contribution is -0.148. The standard InChI is InChI=1S/C30H30O4S/c1-19-8-7-9-24(20(19)2)29-28(25-16-15-23(32-6)18-26(25)35-29)33-22-13-10-21(11-14-22)12-17-27(31)34-30(3,4)5/h7-18H,1-6H3/b17-12+. The number of thiophene rings is 1. The third kappa shape index (κ3) is 5.75. The van der Waals surface area contributed by atoms with E-state index in [-0.39, 0.29) is 5.97 Å². The molecule has 0 saturated carbocycles. The first-order valence-electron chi connectivity index (χ1n) is 11.5. The van der Waals surface area contributed by atoms with E-state index in [1.807, 2.05) is 63.2 Å². The second-order valence-electron chi connectivity index (χ2n) is 9.41. The predicted molar refractivity (Wildman–Crippen MR) is 145 cm³/mol. The van der Waals surface area contributed by atoms with Crippen molar-refractivity contribution in [1.29, 1.82) is 0 Å². The first-order chi connectivity index (χ1) is 16.6. The zero-order valence-corrected chi connectivity index (χ0v) is 21.8. The average Bonchev–Trinajstić information content (AvgIpc) is 3.16. The fourth-order valence-electron chi connectivity index (χ4n) is 3.72. The van der Waals surface area contributed by atoms with Crippen molar-refractivity contribution in [3.63, 3.8) is 0 Å². The number of hydrogen-bond acceptors (Lipinski definition) is 5. The number of aryl methyl sites for hydroxylation is 1. The van der Waals surface area contributed by atoms with Gasteiger partial charge in [-0.3, -0.25) is 0 Å². The molecule has 0 spiro atoms. The summed E-state index contributed by atoms with van der Waals surface area (Å²) in [6.45, 7) is 9.81. The molecule has 0 aliphatic heterocycles. The van der Waals surface area contributed by atoms with Gasteiger partial charge in [0.05, 0.1) is 12.0 Å². The Morgan fingerprint density at radius 3 is 2.34 bits per heavy atom. The maximum absolute atomic E-state index is 12.0. The number of benzene rings is 3. The number of carbonyl (C=O) groups is 1. The monoisotopic (exact) mass is 486 g/mol. The lowest BCUT2D eigenvalue weighted by Gasteiger charge is -2.17. The van der Waals surface area contributed by atoms with Crippen molar-refractivity contribution in [3.05, 3.63) is 83.4 Å². The summed E-state index contributed by atoms with van der Waals surface area (Å²) >= 11 is 1.70. The molecule has 5 heteroatoms. The quantitative estimate of drug-likeness (QED) is 0.203. The second-order valence-corrected chi connectivity index (χ2v) is 10.5. The van der Waals surface area contributed by atoms with E-state index in [4.69, 9.17) is 14.2 Å². The Kier molecular flexibility index (Phi) is 6.99. The van der Waals surface area contributed by atoms with Gasteiger partial charge < -0.3 is 14.2 Å². The first-order valence-corrected chi connectivity index (χ1v) is 12.3. The normalized spacial score (nSPS) is 11.7. The van der Waals surface area contributed by atoms with Crippen LogP contribution < -0.4 is 9.47 Å². The van der Waals surface area contributed by atoms with Gasteiger partial charge in [-0.2, -0.15) is 0 Å². The Labute approximate surface area is 210 Å². The number of esters is 1. The summed E-state index contributed by atoms with van der Waals surface area (Å²) in [4.78, 5) is 13.0. The zero-order chi connectivity index (χ0) is 25.2. The summed E-state index contributed by atoms with van der Waals surface area (Å²) in [7, 11) is 1.68. The van der Waals surface area contributed by atoms with E-state index in [1.165, 1.54) is 17.2 Å². The van der Waals surface area contributed by atoms with Crippen LogP contribution in [-0.4, -0.2) is 18.7 Å². The number of methoxy groups -OCH3 is 1. The fraction of sp³-hybridized carbons (Fsp3) is 0.233. The Morgan fingerprint density at radius 2 is 1.66 bits per heavy atom. The summed E-state index contributed by atoms with van der Waals surface area (Å²) in [6.07, 6.45) is 3.19. The highest BCUT2D eigenvalue weighted by Crippen LogP contribution is 2.48. The largest absolute Gasteiger partial charge is 0.497 e. The van der Waals surface area contributed by atoms with Crippen LogP contribution in [0.4, 0.5) is 0 Å². The van der Waals surface area contributed by atoms with Crippen molar-refractivity contribution in [2.45, 2.75) is 40.2 Å². The molecular weight excluding hydrogens is 456 g/mol. The Bertz CT molecular complexity index is 1390. The summed E-state index contributed by atoms with van der Waals surface area (Å²) < 4.78 is 18.4. The van der Waals surface area contributed by atoms with Crippen LogP contribution in [0.1, 0.15) is 37.5 Å². The average molecular weight is 487 g/mol. The van der Waals surface area contributed by atoms with Gasteiger partial charge in [-0.1, -0.05) is 30.3 Å². The lowest BCUT2D eigenvalue weighted by Crippen LogP contribution is -2.22. The van der Waals surface area contributed by atoms with Crippen LogP contribution in [0, 0.1) is 13.8 Å². The number of ether oxygens (including phenoxy) is 3. The van der Waals surface area contributed by atoms with Gasteiger partial charge in [-0.25, -0.2) is 4.79 Å². The van der Waals surface area contributed by atoms with E-state index in [2.05, 4.69) is 32.0 Å². The van der Waals surface area contributed by atoms with Crippen molar-refractivity contribution in [2.75, 3.05) is 7.11 Å². The van der Waals surface area contributed by atoms with E-state index >= 15 is 0 Å². The van der Waals surface area contributed by atoms with E-state index < -0.39 is 5.60 Å². The predicted octanol–water partition coefficient (Wildman–Crippen LogP) is 8.34. The maximum Gasteiger partial charge on any atom is 0.331 e. The number of rotatable bonds is 6. The minimum atomic E-state index is -0.514. The van der Waals surface area contributed by atoms with Gasteiger partial charge in [0.25, 0.3) is 0 Å². The van der Waals surface area contributed by atoms with Crippen molar-refractivity contribution in [2.24, 2.45) is 0 Å². The van der Waals surface area contributed by atoms with Crippen molar-refractivity contribution < 1.29 is 19.0 Å². The molecule has 0 aliphatic carbocycles. The van der Waals surface area contributed by atoms with E-state index in [1.54, 1.807) is 24.5 Å². The van der Waals surface area contributed by atoms with Gasteiger partial charge in [0.2, 0.25) is 0 Å². The smallest absolute Gasteiger partial charge is 0.331 e. The van der Waals surface area contributed by atoms with Crippen LogP contribution in [0.25, 0.3) is 26.6 Å². The van der Waals surface area contributed by atoms with Crippen molar-refractivity contribution in [3.8, 4) is 27.7 Å². The van der Waals surface area contributed by atoms with Crippen molar-refractivity contribution in [1.82, 2.24) is 0 Å². The molecule has 0 amide bonds. The Hall–Kier alpha value is -3.57. The molecule has 0 radical (unpaired) electrons. The van der Waals surface area contributed by atoms with Gasteiger partial charge in [-0.15, -0.1) is 11.3 Å². The molecule has 4 rings (SSSR count). The molecule has 0 saturated heterocycles. The molecule has 0 bridgehead atoms. The topological polar surface area (TPSA) is 44.8 Å². The minimum absolute atomic E-state index is 0.365. The van der Waals surface area contributed by atoms with Crippen LogP contribution in [0.2, 0.25) is 0 Å². The summed E-state index contributed by atoms with van der Waals surface area (Å²) in [5.41, 5.74) is 4.01. The van der Waals surface area contributed by atoms with Gasteiger partial charge in [0, 0.05) is 16.2 Å². The SMILES string of the molecule is COc1ccc2c(Oc3ccc(/C=C/C(=O)OC(C)(C)C)cc3)c(-c3cccc(C)c3C)sc2c1. The highest BCUT2D eigenvalue weighted by Gasteiger charge is 2.19. The molecule has 180 valence electrons. The molecule has 4 nitrogen and oxygen atoms in total. The van der Waals surface area contributed by atoms with Gasteiger partial charge in [0.1, 0.15) is 17.1 Å². The third-order valence-corrected chi connectivity index (χ3v) is 6.79. The third-order valence-electron chi connectivity index (χ3n) is 5.62. The number of carbonyl (C=O) groups excluding carboxylic acids is 1. The first kappa shape index (κ1) is 24.6. The molecule has 0 aliphatic rings. The molecule has 1 heterocycles. The van der Waals surface area contributed by atoms with Gasteiger partial charge >= 0.3 is 5.97 Å². The maximum atomic E-state index is 12.0. The second kappa shape index (κ2) is 9.96. The number of hydrogen-bond donors (Lipinski definition) is 0.